The molecule has 1 aromatic carbocycles. The van der Waals surface area contributed by atoms with E-state index in [9.17, 15) is 13.2 Å². The van der Waals surface area contributed by atoms with E-state index >= 15 is 0 Å². The lowest BCUT2D eigenvalue weighted by atomic mass is 9.74. The lowest BCUT2D eigenvalue weighted by Crippen LogP contribution is -2.20. The molecule has 1 heterocycles. The summed E-state index contributed by atoms with van der Waals surface area (Å²) in [6, 6.07) is 4.97. The van der Waals surface area contributed by atoms with Crippen LogP contribution in [0.1, 0.15) is 44.1 Å². The number of benzene rings is 1. The van der Waals surface area contributed by atoms with Crippen LogP contribution in [-0.2, 0) is 0 Å². The molecule has 1 atom stereocenters. The molecular weight excluding hydrogens is 279 g/mol. The van der Waals surface area contributed by atoms with Crippen molar-refractivity contribution in [2.45, 2.75) is 44.9 Å². The Balaban J connectivity index is 1.81. The van der Waals surface area contributed by atoms with E-state index in [2.05, 4.69) is 17.0 Å². The van der Waals surface area contributed by atoms with Crippen LogP contribution in [0, 0.1) is 11.8 Å². The summed E-state index contributed by atoms with van der Waals surface area (Å²) in [7, 11) is 0. The Hall–Kier alpha value is -1.39. The molecule has 0 aromatic heterocycles. The molecule has 116 valence electrons. The smallest absolute Gasteiger partial charge is 0.404 e. The van der Waals surface area contributed by atoms with Crippen molar-refractivity contribution in [3.05, 3.63) is 23.8 Å². The van der Waals surface area contributed by atoms with Gasteiger partial charge in [0.25, 0.3) is 0 Å². The Labute approximate surface area is 122 Å². The second-order valence-corrected chi connectivity index (χ2v) is 6.28. The van der Waals surface area contributed by atoms with Gasteiger partial charge in [0.1, 0.15) is 0 Å². The van der Waals surface area contributed by atoms with E-state index in [4.69, 9.17) is 0 Å². The second kappa shape index (κ2) is 5.43. The van der Waals surface area contributed by atoms with Crippen molar-refractivity contribution in [2.75, 3.05) is 11.9 Å². The van der Waals surface area contributed by atoms with Crippen LogP contribution in [0.15, 0.2) is 18.2 Å². The summed E-state index contributed by atoms with van der Waals surface area (Å²) in [6.45, 7) is 2.99. The Morgan fingerprint density at radius 2 is 1.86 bits per heavy atom. The van der Waals surface area contributed by atoms with Gasteiger partial charge in [0.15, 0.2) is 5.75 Å². The third kappa shape index (κ3) is 3.11. The molecule has 1 saturated carbocycles. The van der Waals surface area contributed by atoms with E-state index in [0.717, 1.165) is 24.3 Å². The molecule has 1 N–H and O–H groups in total. The number of nitrogens with one attached hydrogen (secondary N) is 1. The Morgan fingerprint density at radius 1 is 1.14 bits per heavy atom. The maximum absolute atomic E-state index is 12.5. The van der Waals surface area contributed by atoms with Gasteiger partial charge in [-0.15, -0.1) is 13.2 Å². The van der Waals surface area contributed by atoms with E-state index in [1.54, 1.807) is 6.07 Å². The van der Waals surface area contributed by atoms with E-state index in [0.29, 0.717) is 24.1 Å². The number of anilines is 1. The molecule has 0 spiro atoms. The highest BCUT2D eigenvalue weighted by Crippen LogP contribution is 2.47. The minimum absolute atomic E-state index is 0.105. The van der Waals surface area contributed by atoms with Gasteiger partial charge in [-0.2, -0.15) is 0 Å². The number of hydrogen-bond acceptors (Lipinski definition) is 2. The predicted octanol–water partition coefficient (Wildman–Crippen LogP) is 4.92. The van der Waals surface area contributed by atoms with Gasteiger partial charge in [0.2, 0.25) is 0 Å². The summed E-state index contributed by atoms with van der Waals surface area (Å²) < 4.78 is 41.5. The van der Waals surface area contributed by atoms with Crippen LogP contribution in [0.25, 0.3) is 0 Å². The molecule has 5 heteroatoms. The molecular formula is C16H20F3NO. The first-order valence-electron chi connectivity index (χ1n) is 7.56. The maximum atomic E-state index is 12.5. The fourth-order valence-electron chi connectivity index (χ4n) is 3.69. The fourth-order valence-corrected chi connectivity index (χ4v) is 3.69. The molecule has 1 unspecified atom stereocenters. The summed E-state index contributed by atoms with van der Waals surface area (Å²) in [5, 5.41) is 3.12. The number of alkyl halides is 3. The molecule has 3 rings (SSSR count). The van der Waals surface area contributed by atoms with Gasteiger partial charge in [0.05, 0.1) is 5.69 Å². The molecule has 21 heavy (non-hydrogen) atoms. The van der Waals surface area contributed by atoms with Crippen LogP contribution in [0.3, 0.4) is 0 Å². The summed E-state index contributed by atoms with van der Waals surface area (Å²) in [5.74, 6) is 1.54. The summed E-state index contributed by atoms with van der Waals surface area (Å²) >= 11 is 0. The van der Waals surface area contributed by atoms with Crippen LogP contribution >= 0.6 is 0 Å². The SMILES string of the molecule is CC1CCC(C2CNc3c(OC(F)(F)F)cccc32)CC1. The highest BCUT2D eigenvalue weighted by Gasteiger charge is 2.36. The Bertz CT molecular complexity index is 507. The van der Waals surface area contributed by atoms with Crippen molar-refractivity contribution in [1.29, 1.82) is 0 Å². The zero-order chi connectivity index (χ0) is 15.0. The van der Waals surface area contributed by atoms with Crippen LogP contribution in [0.2, 0.25) is 0 Å². The third-order valence-electron chi connectivity index (χ3n) is 4.81. The number of rotatable bonds is 2. The molecule has 1 aliphatic heterocycles. The van der Waals surface area contributed by atoms with E-state index in [1.807, 2.05) is 6.07 Å². The van der Waals surface area contributed by atoms with Crippen molar-refractivity contribution in [3.63, 3.8) is 0 Å². The first-order valence-corrected chi connectivity index (χ1v) is 7.56. The highest BCUT2D eigenvalue weighted by molar-refractivity contribution is 5.67. The van der Waals surface area contributed by atoms with Gasteiger partial charge in [0, 0.05) is 12.5 Å². The number of para-hydroxylation sites is 1. The zero-order valence-corrected chi connectivity index (χ0v) is 12.0. The monoisotopic (exact) mass is 299 g/mol. The topological polar surface area (TPSA) is 21.3 Å². The lowest BCUT2D eigenvalue weighted by Gasteiger charge is -2.30. The van der Waals surface area contributed by atoms with Crippen LogP contribution in [0.5, 0.6) is 5.75 Å². The molecule has 1 aromatic rings. The average molecular weight is 299 g/mol. The number of hydrogen-bond donors (Lipinski definition) is 1. The minimum Gasteiger partial charge on any atom is -0.404 e. The molecule has 0 saturated heterocycles. The van der Waals surface area contributed by atoms with E-state index in [1.165, 1.54) is 18.9 Å². The van der Waals surface area contributed by atoms with Gasteiger partial charge in [-0.1, -0.05) is 31.9 Å². The van der Waals surface area contributed by atoms with Crippen LogP contribution < -0.4 is 10.1 Å². The van der Waals surface area contributed by atoms with Crippen molar-refractivity contribution >= 4 is 5.69 Å². The van der Waals surface area contributed by atoms with E-state index < -0.39 is 6.36 Å². The van der Waals surface area contributed by atoms with Gasteiger partial charge in [-0.05, 0) is 36.3 Å². The van der Waals surface area contributed by atoms with Crippen molar-refractivity contribution in [2.24, 2.45) is 11.8 Å². The summed E-state index contributed by atoms with van der Waals surface area (Å²) in [6.07, 6.45) is 0.119. The zero-order valence-electron chi connectivity index (χ0n) is 12.0. The molecule has 2 aliphatic rings. The number of ether oxygens (including phenoxy) is 1. The van der Waals surface area contributed by atoms with Gasteiger partial charge in [-0.25, -0.2) is 0 Å². The first-order chi connectivity index (χ1) is 9.94. The first kappa shape index (κ1) is 14.5. The van der Waals surface area contributed by atoms with Gasteiger partial charge < -0.3 is 10.1 Å². The average Bonchev–Trinajstić information content (AvgIpc) is 2.83. The predicted molar refractivity (Wildman–Crippen MR) is 75.5 cm³/mol. The standard InChI is InChI=1S/C16H20F3NO/c1-10-5-7-11(8-6-10)13-9-20-15-12(13)3-2-4-14(15)21-16(17,18)19/h2-4,10-11,13,20H,5-9H2,1H3. The molecule has 0 bridgehead atoms. The second-order valence-electron chi connectivity index (χ2n) is 6.28. The normalized spacial score (nSPS) is 28.9. The van der Waals surface area contributed by atoms with Gasteiger partial charge in [-0.3, -0.25) is 0 Å². The highest BCUT2D eigenvalue weighted by atomic mass is 19.4. The Morgan fingerprint density at radius 3 is 2.52 bits per heavy atom. The Kier molecular flexibility index (Phi) is 3.76. The summed E-state index contributed by atoms with van der Waals surface area (Å²) in [5.41, 5.74) is 1.51. The van der Waals surface area contributed by atoms with Gasteiger partial charge >= 0.3 is 6.36 Å². The largest absolute Gasteiger partial charge is 0.573 e. The van der Waals surface area contributed by atoms with Crippen molar-refractivity contribution in [1.82, 2.24) is 0 Å². The molecule has 1 fully saturated rings. The molecule has 1 aliphatic carbocycles. The van der Waals surface area contributed by atoms with Crippen molar-refractivity contribution in [3.8, 4) is 5.75 Å². The maximum Gasteiger partial charge on any atom is 0.573 e. The lowest BCUT2D eigenvalue weighted by molar-refractivity contribution is -0.274. The molecule has 0 radical (unpaired) electrons. The van der Waals surface area contributed by atoms with E-state index in [-0.39, 0.29) is 5.75 Å². The van der Waals surface area contributed by atoms with Crippen LogP contribution in [-0.4, -0.2) is 12.9 Å². The van der Waals surface area contributed by atoms with Crippen LogP contribution in [0.4, 0.5) is 18.9 Å². The molecule has 2 nitrogen and oxygen atoms in total. The minimum atomic E-state index is -4.64. The van der Waals surface area contributed by atoms with Crippen molar-refractivity contribution < 1.29 is 17.9 Å². The number of halogens is 3. The third-order valence-corrected chi connectivity index (χ3v) is 4.81. The number of fused-ring (bicyclic) bond motifs is 1. The summed E-state index contributed by atoms with van der Waals surface area (Å²) in [4.78, 5) is 0. The fraction of sp³-hybridized carbons (Fsp3) is 0.625. The quantitative estimate of drug-likeness (QED) is 0.837. The molecule has 0 amide bonds.